The van der Waals surface area contributed by atoms with Crippen molar-refractivity contribution in [2.24, 2.45) is 29.6 Å². The van der Waals surface area contributed by atoms with Crippen molar-refractivity contribution in [1.82, 2.24) is 14.8 Å². The van der Waals surface area contributed by atoms with E-state index < -0.39 is 5.92 Å². The number of methoxy groups -OCH3 is 1. The van der Waals surface area contributed by atoms with Gasteiger partial charge in [0, 0.05) is 29.1 Å². The molecule has 3 aliphatic heterocycles. The number of amides is 3. The molecule has 5 aliphatic rings. The molecule has 1 N–H and O–H groups in total. The number of nitrogens with one attached hydrogen (secondary N) is 1. The number of carbonyl (C=O) groups excluding carboxylic acids is 3. The molecule has 1 aromatic heterocycles. The fraction of sp³-hybridized carbons (Fsp3) is 0.538. The molecule has 2 aromatic rings. The van der Waals surface area contributed by atoms with Crippen molar-refractivity contribution in [1.29, 1.82) is 0 Å². The number of aromatic amines is 1. The predicted octanol–water partition coefficient (Wildman–Crippen LogP) is 1.78. The fourth-order valence-electron chi connectivity index (χ4n) is 7.47. The van der Waals surface area contributed by atoms with Gasteiger partial charge in [-0.3, -0.25) is 24.1 Å². The number of H-pyrrole nitrogens is 1. The van der Waals surface area contributed by atoms with Crippen LogP contribution in [0.3, 0.4) is 0 Å². The van der Waals surface area contributed by atoms with Gasteiger partial charge in [-0.2, -0.15) is 0 Å². The molecule has 11 heteroatoms. The van der Waals surface area contributed by atoms with Gasteiger partial charge in [0.25, 0.3) is 0 Å². The van der Waals surface area contributed by atoms with Crippen molar-refractivity contribution in [2.75, 3.05) is 40.0 Å². The first-order valence-corrected chi connectivity index (χ1v) is 14.4. The van der Waals surface area contributed by atoms with E-state index in [0.29, 0.717) is 26.3 Å². The Bertz CT molecular complexity index is 1330. The Hall–Kier alpha value is -2.63. The Labute approximate surface area is 221 Å². The molecule has 2 aliphatic carbocycles. The third-order valence-electron chi connectivity index (χ3n) is 8.95. The summed E-state index contributed by atoms with van der Waals surface area (Å²) < 4.78 is 10.7. The normalized spacial score (nSPS) is 33.9. The van der Waals surface area contributed by atoms with Crippen molar-refractivity contribution in [3.8, 4) is 5.75 Å². The van der Waals surface area contributed by atoms with Crippen LogP contribution in [0.15, 0.2) is 34.1 Å². The van der Waals surface area contributed by atoms with Crippen LogP contribution in [0.2, 0.25) is 0 Å². The number of fused-ring (bicyclic) bond motifs is 9. The first-order chi connectivity index (χ1) is 18.0. The first kappa shape index (κ1) is 23.5. The number of rotatable bonds is 4. The molecule has 7 atom stereocenters. The molecule has 3 amide bonds. The highest BCUT2D eigenvalue weighted by atomic mass is 32.2. The highest BCUT2D eigenvalue weighted by Crippen LogP contribution is 2.68. The van der Waals surface area contributed by atoms with Gasteiger partial charge in [-0.05, 0) is 41.9 Å². The number of imide groups is 1. The van der Waals surface area contributed by atoms with E-state index in [-0.39, 0.29) is 64.0 Å². The van der Waals surface area contributed by atoms with E-state index in [0.717, 1.165) is 27.6 Å². The molecule has 2 saturated heterocycles. The number of morpholine rings is 1. The van der Waals surface area contributed by atoms with Crippen molar-refractivity contribution < 1.29 is 23.9 Å². The Morgan fingerprint density at radius 3 is 2.49 bits per heavy atom. The lowest BCUT2D eigenvalue weighted by atomic mass is 9.68. The molecule has 9 nitrogen and oxygen atoms in total. The summed E-state index contributed by atoms with van der Waals surface area (Å²) in [7, 11) is 1.63. The third-order valence-corrected chi connectivity index (χ3v) is 11.5. The van der Waals surface area contributed by atoms with Crippen LogP contribution >= 0.6 is 23.1 Å². The highest BCUT2D eigenvalue weighted by molar-refractivity contribution is 8.00. The van der Waals surface area contributed by atoms with Gasteiger partial charge in [-0.25, -0.2) is 0 Å². The SMILES string of the molecule is COc1ccc([C@H]2c3sc(=O)[nH]c3SC3C4CC(C5C(=O)N(CC(=O)N6CCOCC6)C(=O)C45)C32)cc1. The average Bonchev–Trinajstić information content (AvgIpc) is 3.65. The number of ether oxygens (including phenoxy) is 2. The van der Waals surface area contributed by atoms with Gasteiger partial charge in [-0.15, -0.1) is 11.8 Å². The average molecular weight is 542 g/mol. The van der Waals surface area contributed by atoms with Crippen molar-refractivity contribution in [3.05, 3.63) is 44.4 Å². The summed E-state index contributed by atoms with van der Waals surface area (Å²) in [4.78, 5) is 59.4. The number of thiazole rings is 1. The number of thioether (sulfide) groups is 1. The summed E-state index contributed by atoms with van der Waals surface area (Å²) >= 11 is 2.91. The third kappa shape index (κ3) is 3.46. The standard InChI is InChI=1S/C26H27N3O6S2/c1-34-13-4-2-12(3-5-13)17-18-14-10-15(21(18)36-23-22(17)37-26(33)27-23)20-19(14)24(31)29(25(20)32)11-16(30)28-6-8-35-9-7-28/h2-5,14-15,17-21H,6-11H2,1H3,(H,27,33)/t14?,15?,17-,18?,19?,20?,21?/m1/s1. The van der Waals surface area contributed by atoms with Gasteiger partial charge < -0.3 is 19.4 Å². The lowest BCUT2D eigenvalue weighted by Gasteiger charge is -2.43. The van der Waals surface area contributed by atoms with Gasteiger partial charge in [0.1, 0.15) is 12.3 Å². The zero-order valence-corrected chi connectivity index (χ0v) is 21.9. The minimum atomic E-state index is -0.394. The molecule has 1 aromatic carbocycles. The quantitative estimate of drug-likeness (QED) is 0.588. The van der Waals surface area contributed by atoms with Gasteiger partial charge >= 0.3 is 4.87 Å². The number of benzene rings is 1. The summed E-state index contributed by atoms with van der Waals surface area (Å²) in [5.41, 5.74) is 1.09. The van der Waals surface area contributed by atoms with Crippen LogP contribution in [0.5, 0.6) is 5.75 Å². The van der Waals surface area contributed by atoms with E-state index in [9.17, 15) is 19.2 Å². The Morgan fingerprint density at radius 2 is 1.78 bits per heavy atom. The van der Waals surface area contributed by atoms with E-state index in [1.165, 1.54) is 16.2 Å². The molecule has 2 saturated carbocycles. The summed E-state index contributed by atoms with van der Waals surface area (Å²) in [6, 6.07) is 7.95. The number of likely N-dealkylation sites (tertiary alicyclic amines) is 1. The van der Waals surface area contributed by atoms with E-state index in [4.69, 9.17) is 9.47 Å². The van der Waals surface area contributed by atoms with Gasteiger partial charge in [0.2, 0.25) is 17.7 Å². The molecular weight excluding hydrogens is 514 g/mol. The van der Waals surface area contributed by atoms with E-state index in [1.54, 1.807) is 23.8 Å². The van der Waals surface area contributed by atoms with Crippen molar-refractivity contribution in [3.63, 3.8) is 0 Å². The maximum Gasteiger partial charge on any atom is 0.305 e. The topological polar surface area (TPSA) is 109 Å². The number of nitrogens with zero attached hydrogens (tertiary/aromatic N) is 2. The monoisotopic (exact) mass is 541 g/mol. The second kappa shape index (κ2) is 8.71. The van der Waals surface area contributed by atoms with Crippen LogP contribution in [0, 0.1) is 29.6 Å². The van der Waals surface area contributed by atoms with E-state index >= 15 is 0 Å². The number of aromatic nitrogens is 1. The van der Waals surface area contributed by atoms with Crippen LogP contribution < -0.4 is 9.61 Å². The molecule has 6 unspecified atom stereocenters. The van der Waals surface area contributed by atoms with Crippen LogP contribution in [-0.4, -0.2) is 77.7 Å². The zero-order chi connectivity index (χ0) is 25.4. The molecule has 0 radical (unpaired) electrons. The van der Waals surface area contributed by atoms with Crippen LogP contribution in [0.25, 0.3) is 0 Å². The number of hydrogen-bond donors (Lipinski definition) is 1. The molecule has 37 heavy (non-hydrogen) atoms. The second-order valence-corrected chi connectivity index (χ2v) is 12.7. The van der Waals surface area contributed by atoms with E-state index in [2.05, 4.69) is 4.98 Å². The molecular formula is C26H27N3O6S2. The predicted molar refractivity (Wildman–Crippen MR) is 136 cm³/mol. The first-order valence-electron chi connectivity index (χ1n) is 12.7. The minimum absolute atomic E-state index is 0.0287. The van der Waals surface area contributed by atoms with Gasteiger partial charge in [0.05, 0.1) is 37.2 Å². The molecule has 2 bridgehead atoms. The summed E-state index contributed by atoms with van der Waals surface area (Å²) in [5.74, 6) is -0.427. The van der Waals surface area contributed by atoms with Crippen LogP contribution in [-0.2, 0) is 19.1 Å². The zero-order valence-electron chi connectivity index (χ0n) is 20.3. The van der Waals surface area contributed by atoms with Gasteiger partial charge in [0.15, 0.2) is 0 Å². The molecule has 4 fully saturated rings. The Kier molecular flexibility index (Phi) is 5.53. The second-order valence-electron chi connectivity index (χ2n) is 10.5. The van der Waals surface area contributed by atoms with Crippen LogP contribution in [0.4, 0.5) is 0 Å². The number of hydrogen-bond acceptors (Lipinski definition) is 8. The smallest absolute Gasteiger partial charge is 0.305 e. The van der Waals surface area contributed by atoms with Crippen LogP contribution in [0.1, 0.15) is 22.8 Å². The highest BCUT2D eigenvalue weighted by Gasteiger charge is 2.69. The molecule has 4 heterocycles. The van der Waals surface area contributed by atoms with Crippen molar-refractivity contribution in [2.45, 2.75) is 22.6 Å². The molecule has 194 valence electrons. The molecule has 0 spiro atoms. The number of carbonyl (C=O) groups is 3. The lowest BCUT2D eigenvalue weighted by molar-refractivity contribution is -0.148. The van der Waals surface area contributed by atoms with Crippen molar-refractivity contribution >= 4 is 40.8 Å². The fourth-order valence-corrected chi connectivity index (χ4v) is 10.4. The Morgan fingerprint density at radius 1 is 1.08 bits per heavy atom. The maximum atomic E-state index is 13.7. The van der Waals surface area contributed by atoms with Gasteiger partial charge in [-0.1, -0.05) is 23.5 Å². The molecule has 7 rings (SSSR count). The summed E-state index contributed by atoms with van der Waals surface area (Å²) in [5, 5.41) is 1.01. The summed E-state index contributed by atoms with van der Waals surface area (Å²) in [6.45, 7) is 1.73. The lowest BCUT2D eigenvalue weighted by Crippen LogP contribution is -2.47. The minimum Gasteiger partial charge on any atom is -0.497 e. The maximum absolute atomic E-state index is 13.7. The largest absolute Gasteiger partial charge is 0.497 e. The summed E-state index contributed by atoms with van der Waals surface area (Å²) in [6.07, 6.45) is 0.826. The van der Waals surface area contributed by atoms with E-state index in [1.807, 2.05) is 24.3 Å². The Balaban J connectivity index is 1.22.